The van der Waals surface area contributed by atoms with E-state index in [1.54, 1.807) is 11.3 Å². The molecule has 2 nitrogen and oxygen atoms in total. The van der Waals surface area contributed by atoms with E-state index in [0.29, 0.717) is 0 Å². The van der Waals surface area contributed by atoms with Crippen LogP contribution < -0.4 is 5.32 Å². The van der Waals surface area contributed by atoms with Gasteiger partial charge < -0.3 is 5.32 Å². The quantitative estimate of drug-likeness (QED) is 0.812. The highest BCUT2D eigenvalue weighted by Gasteiger charge is 2.17. The molecular weight excluding hydrogens is 228 g/mol. The van der Waals surface area contributed by atoms with Crippen LogP contribution in [-0.2, 0) is 6.42 Å². The predicted octanol–water partition coefficient (Wildman–Crippen LogP) is 3.41. The van der Waals surface area contributed by atoms with Crippen molar-refractivity contribution in [1.29, 1.82) is 0 Å². The molecule has 1 aliphatic carbocycles. The van der Waals surface area contributed by atoms with Gasteiger partial charge in [0.25, 0.3) is 0 Å². The average Bonchev–Trinajstić information content (AvgIpc) is 2.73. The van der Waals surface area contributed by atoms with Crippen molar-refractivity contribution in [3.05, 3.63) is 16.1 Å². The average molecular weight is 252 g/mol. The van der Waals surface area contributed by atoms with Crippen LogP contribution in [0.25, 0.3) is 0 Å². The number of hydrogen-bond acceptors (Lipinski definition) is 3. The van der Waals surface area contributed by atoms with E-state index in [1.165, 1.54) is 42.8 Å². The zero-order valence-electron chi connectivity index (χ0n) is 11.0. The molecule has 3 heteroatoms. The number of aromatic nitrogens is 1. The monoisotopic (exact) mass is 252 g/mol. The minimum Gasteiger partial charge on any atom is -0.316 e. The molecule has 2 rings (SSSR count). The maximum atomic E-state index is 4.28. The first-order valence-electron chi connectivity index (χ1n) is 6.85. The van der Waals surface area contributed by atoms with Gasteiger partial charge in [0, 0.05) is 11.4 Å². The maximum absolute atomic E-state index is 4.28. The summed E-state index contributed by atoms with van der Waals surface area (Å²) in [4.78, 5) is 5.72. The van der Waals surface area contributed by atoms with E-state index < -0.39 is 0 Å². The van der Waals surface area contributed by atoms with Crippen LogP contribution >= 0.6 is 11.3 Å². The Morgan fingerprint density at radius 2 is 2.12 bits per heavy atom. The Kier molecular flexibility index (Phi) is 4.99. The molecule has 1 aromatic rings. The Morgan fingerprint density at radius 3 is 2.76 bits per heavy atom. The topological polar surface area (TPSA) is 24.9 Å². The molecule has 1 saturated carbocycles. The van der Waals surface area contributed by atoms with Crippen molar-refractivity contribution in [2.24, 2.45) is 11.8 Å². The number of rotatable bonds is 5. The molecule has 0 saturated heterocycles. The first-order valence-corrected chi connectivity index (χ1v) is 7.73. The molecule has 96 valence electrons. The summed E-state index contributed by atoms with van der Waals surface area (Å²) in [6, 6.07) is 0. The standard InChI is InChI=1S/C14H24N2S/c1-11-3-5-13(6-4-11)9-15-8-7-14-12(2)16-10-17-14/h10-11,13,15H,3-9H2,1-2H3. The molecule has 0 spiro atoms. The van der Waals surface area contributed by atoms with Gasteiger partial charge >= 0.3 is 0 Å². The summed E-state index contributed by atoms with van der Waals surface area (Å²) < 4.78 is 0. The van der Waals surface area contributed by atoms with E-state index >= 15 is 0 Å². The highest BCUT2D eigenvalue weighted by molar-refractivity contribution is 7.09. The lowest BCUT2D eigenvalue weighted by Crippen LogP contribution is -2.27. The summed E-state index contributed by atoms with van der Waals surface area (Å²) in [6.07, 6.45) is 6.85. The zero-order chi connectivity index (χ0) is 12.1. The first-order chi connectivity index (χ1) is 8.25. The van der Waals surface area contributed by atoms with Gasteiger partial charge in [-0.15, -0.1) is 11.3 Å². The summed E-state index contributed by atoms with van der Waals surface area (Å²) in [5, 5.41) is 3.61. The van der Waals surface area contributed by atoms with E-state index in [9.17, 15) is 0 Å². The van der Waals surface area contributed by atoms with Crippen LogP contribution in [0.2, 0.25) is 0 Å². The van der Waals surface area contributed by atoms with Crippen molar-refractivity contribution < 1.29 is 0 Å². The van der Waals surface area contributed by atoms with Gasteiger partial charge in [0.05, 0.1) is 11.2 Å². The third-order valence-corrected chi connectivity index (χ3v) is 4.94. The minimum atomic E-state index is 0.925. The second-order valence-corrected chi connectivity index (χ2v) is 6.38. The van der Waals surface area contributed by atoms with Gasteiger partial charge in [0.2, 0.25) is 0 Å². The molecule has 1 heterocycles. The van der Waals surface area contributed by atoms with Gasteiger partial charge in [0.1, 0.15) is 0 Å². The molecule has 0 aromatic carbocycles. The normalized spacial score (nSPS) is 25.1. The van der Waals surface area contributed by atoms with Crippen molar-refractivity contribution in [2.75, 3.05) is 13.1 Å². The predicted molar refractivity (Wildman–Crippen MR) is 74.5 cm³/mol. The van der Waals surface area contributed by atoms with Crippen LogP contribution in [0.5, 0.6) is 0 Å². The summed E-state index contributed by atoms with van der Waals surface area (Å²) in [5.74, 6) is 1.89. The van der Waals surface area contributed by atoms with Gasteiger partial charge in [0.15, 0.2) is 0 Å². The molecule has 0 unspecified atom stereocenters. The molecule has 0 amide bonds. The Bertz CT molecular complexity index is 327. The van der Waals surface area contributed by atoms with Crippen molar-refractivity contribution >= 4 is 11.3 Å². The third-order valence-electron chi connectivity index (χ3n) is 3.94. The fourth-order valence-electron chi connectivity index (χ4n) is 2.61. The van der Waals surface area contributed by atoms with E-state index in [4.69, 9.17) is 0 Å². The second-order valence-electron chi connectivity index (χ2n) is 5.44. The summed E-state index contributed by atoms with van der Waals surface area (Å²) in [6.45, 7) is 6.81. The number of nitrogens with zero attached hydrogens (tertiary/aromatic N) is 1. The molecule has 0 bridgehead atoms. The van der Waals surface area contributed by atoms with Crippen LogP contribution in [0.3, 0.4) is 0 Å². The number of thiazole rings is 1. The molecule has 1 fully saturated rings. The molecule has 0 aliphatic heterocycles. The van der Waals surface area contributed by atoms with Crippen molar-refractivity contribution in [3.8, 4) is 0 Å². The minimum absolute atomic E-state index is 0.925. The number of hydrogen-bond donors (Lipinski definition) is 1. The van der Waals surface area contributed by atoms with Crippen LogP contribution in [0.1, 0.15) is 43.2 Å². The van der Waals surface area contributed by atoms with Crippen LogP contribution in [0.4, 0.5) is 0 Å². The van der Waals surface area contributed by atoms with Crippen molar-refractivity contribution in [1.82, 2.24) is 10.3 Å². The lowest BCUT2D eigenvalue weighted by atomic mass is 9.83. The molecule has 0 atom stereocenters. The Balaban J connectivity index is 1.59. The van der Waals surface area contributed by atoms with E-state index in [0.717, 1.165) is 24.8 Å². The number of aryl methyl sites for hydroxylation is 1. The van der Waals surface area contributed by atoms with Gasteiger partial charge in [-0.3, -0.25) is 0 Å². The third kappa shape index (κ3) is 4.07. The lowest BCUT2D eigenvalue weighted by molar-refractivity contribution is 0.282. The molecule has 1 aromatic heterocycles. The smallest absolute Gasteiger partial charge is 0.0797 e. The molecule has 1 N–H and O–H groups in total. The summed E-state index contributed by atoms with van der Waals surface area (Å²) in [5.41, 5.74) is 3.16. The maximum Gasteiger partial charge on any atom is 0.0797 e. The summed E-state index contributed by atoms with van der Waals surface area (Å²) >= 11 is 1.78. The van der Waals surface area contributed by atoms with Gasteiger partial charge in [-0.05, 0) is 44.6 Å². The Labute approximate surface area is 109 Å². The SMILES string of the molecule is Cc1ncsc1CCNCC1CCC(C)CC1. The van der Waals surface area contributed by atoms with Crippen LogP contribution in [0, 0.1) is 18.8 Å². The highest BCUT2D eigenvalue weighted by atomic mass is 32.1. The highest BCUT2D eigenvalue weighted by Crippen LogP contribution is 2.27. The van der Waals surface area contributed by atoms with Gasteiger partial charge in [-0.2, -0.15) is 0 Å². The van der Waals surface area contributed by atoms with Crippen molar-refractivity contribution in [3.63, 3.8) is 0 Å². The van der Waals surface area contributed by atoms with E-state index in [-0.39, 0.29) is 0 Å². The molecule has 17 heavy (non-hydrogen) atoms. The molecule has 1 aliphatic rings. The second kappa shape index (κ2) is 6.50. The van der Waals surface area contributed by atoms with E-state index in [2.05, 4.69) is 24.1 Å². The fraction of sp³-hybridized carbons (Fsp3) is 0.786. The Hall–Kier alpha value is -0.410. The van der Waals surface area contributed by atoms with Crippen LogP contribution in [-0.4, -0.2) is 18.1 Å². The largest absolute Gasteiger partial charge is 0.316 e. The summed E-state index contributed by atoms with van der Waals surface area (Å²) in [7, 11) is 0. The fourth-order valence-corrected chi connectivity index (χ4v) is 3.39. The molecule has 0 radical (unpaired) electrons. The van der Waals surface area contributed by atoms with Crippen LogP contribution in [0.15, 0.2) is 5.51 Å². The lowest BCUT2D eigenvalue weighted by Gasteiger charge is -2.26. The number of nitrogens with one attached hydrogen (secondary N) is 1. The van der Waals surface area contributed by atoms with Gasteiger partial charge in [-0.25, -0.2) is 4.98 Å². The van der Waals surface area contributed by atoms with Gasteiger partial charge in [-0.1, -0.05) is 19.8 Å². The zero-order valence-corrected chi connectivity index (χ0v) is 11.9. The first kappa shape index (κ1) is 13.0. The Morgan fingerprint density at radius 1 is 1.35 bits per heavy atom. The van der Waals surface area contributed by atoms with Crippen molar-refractivity contribution in [2.45, 2.75) is 46.0 Å². The molecular formula is C14H24N2S. The van der Waals surface area contributed by atoms with E-state index in [1.807, 2.05) is 5.51 Å².